The summed E-state index contributed by atoms with van der Waals surface area (Å²) in [4.78, 5) is 28.5. The third-order valence-electron chi connectivity index (χ3n) is 5.52. The zero-order valence-corrected chi connectivity index (χ0v) is 16.4. The predicted octanol–water partition coefficient (Wildman–Crippen LogP) is -2.73. The zero-order chi connectivity index (χ0) is 21.4. The van der Waals surface area contributed by atoms with Crippen LogP contribution in [-0.2, 0) is 6.54 Å². The highest BCUT2D eigenvalue weighted by Gasteiger charge is 2.49. The maximum absolute atomic E-state index is 9.52. The van der Waals surface area contributed by atoms with E-state index in [9.17, 15) is 5.26 Å². The molecule has 4 unspecified atom stereocenters. The first-order valence-electron chi connectivity index (χ1n) is 9.68. The highest BCUT2D eigenvalue weighted by molar-refractivity contribution is 6.45. The van der Waals surface area contributed by atoms with E-state index < -0.39 is 24.2 Å². The number of aromatic nitrogens is 2. The van der Waals surface area contributed by atoms with Gasteiger partial charge < -0.3 is 28.7 Å². The van der Waals surface area contributed by atoms with Crippen molar-refractivity contribution in [2.75, 3.05) is 26.2 Å². The number of fused-ring (bicyclic) bond motifs is 6. The molecule has 10 N–H and O–H groups in total. The molecule has 0 radical (unpaired) electrons. The summed E-state index contributed by atoms with van der Waals surface area (Å²) in [7, 11) is 0. The molecule has 0 amide bonds. The summed E-state index contributed by atoms with van der Waals surface area (Å²) < 4.78 is 0. The van der Waals surface area contributed by atoms with Crippen LogP contribution in [0.1, 0.15) is 34.9 Å². The molecule has 156 valence electrons. The van der Waals surface area contributed by atoms with Gasteiger partial charge in [0.1, 0.15) is 30.2 Å². The van der Waals surface area contributed by atoms with E-state index in [2.05, 4.69) is 16.0 Å². The Morgan fingerprint density at radius 1 is 0.633 bits per heavy atom. The highest BCUT2D eigenvalue weighted by Crippen LogP contribution is 2.44. The first kappa shape index (κ1) is 20.3. The molecule has 2 aliphatic heterocycles. The predicted molar refractivity (Wildman–Crippen MR) is 114 cm³/mol. The third-order valence-corrected chi connectivity index (χ3v) is 5.52. The summed E-state index contributed by atoms with van der Waals surface area (Å²) in [6.07, 6.45) is 0. The molecule has 30 heavy (non-hydrogen) atoms. The third kappa shape index (κ3) is 3.04. The minimum absolute atomic E-state index is 0.0756. The van der Waals surface area contributed by atoms with E-state index in [1.54, 1.807) is 0 Å². The second kappa shape index (κ2) is 8.05. The quantitative estimate of drug-likeness (QED) is 0.342. The second-order valence-corrected chi connectivity index (χ2v) is 7.10. The van der Waals surface area contributed by atoms with E-state index in [-0.39, 0.29) is 38.4 Å². The fraction of sp³-hybridized carbons (Fsp3) is 0.500. The number of nitrogens with zero attached hydrogens (tertiary/aromatic N) is 7. The van der Waals surface area contributed by atoms with Crippen molar-refractivity contribution in [1.29, 1.82) is 5.26 Å². The van der Waals surface area contributed by atoms with E-state index in [4.69, 9.17) is 48.6 Å². The van der Waals surface area contributed by atoms with Crippen molar-refractivity contribution in [3.05, 3.63) is 22.8 Å². The summed E-state index contributed by atoms with van der Waals surface area (Å²) in [6.45, 7) is 0.876. The van der Waals surface area contributed by atoms with Gasteiger partial charge >= 0.3 is 0 Å². The van der Waals surface area contributed by atoms with Crippen molar-refractivity contribution in [3.8, 4) is 6.07 Å². The molecule has 0 aromatic carbocycles. The smallest absolute Gasteiger partial charge is 0.163 e. The molecule has 12 heteroatoms. The molecule has 1 aromatic heterocycles. The van der Waals surface area contributed by atoms with Gasteiger partial charge in [-0.2, -0.15) is 5.26 Å². The normalized spacial score (nSPS) is 26.9. The molecule has 4 atom stereocenters. The van der Waals surface area contributed by atoms with Crippen molar-refractivity contribution >= 4 is 22.8 Å². The van der Waals surface area contributed by atoms with E-state index in [0.717, 1.165) is 0 Å². The molecule has 4 rings (SSSR count). The van der Waals surface area contributed by atoms with Crippen LogP contribution in [-0.4, -0.2) is 71.1 Å². The topological polar surface area (TPSA) is 229 Å². The molecule has 1 aliphatic carbocycles. The molecular formula is C18H24N12. The monoisotopic (exact) mass is 408 g/mol. The Kier molecular flexibility index (Phi) is 5.46. The number of rotatable bonds is 5. The average molecular weight is 408 g/mol. The molecule has 0 bridgehead atoms. The van der Waals surface area contributed by atoms with Crippen LogP contribution in [0.25, 0.3) is 0 Å². The van der Waals surface area contributed by atoms with E-state index in [0.29, 0.717) is 39.9 Å². The Labute approximate surface area is 173 Å². The van der Waals surface area contributed by atoms with Crippen molar-refractivity contribution in [2.24, 2.45) is 48.6 Å². The van der Waals surface area contributed by atoms with Crippen LogP contribution in [0.2, 0.25) is 0 Å². The zero-order valence-electron chi connectivity index (χ0n) is 16.4. The summed E-state index contributed by atoms with van der Waals surface area (Å²) >= 11 is 0. The van der Waals surface area contributed by atoms with E-state index in [1.807, 2.05) is 0 Å². The van der Waals surface area contributed by atoms with E-state index in [1.165, 1.54) is 0 Å². The molecular weight excluding hydrogens is 384 g/mol. The molecule has 0 fully saturated rings. The Balaban J connectivity index is 1.97. The van der Waals surface area contributed by atoms with Crippen LogP contribution >= 0.6 is 0 Å². The van der Waals surface area contributed by atoms with Gasteiger partial charge in [-0.3, -0.25) is 20.0 Å². The molecule has 3 heterocycles. The van der Waals surface area contributed by atoms with Gasteiger partial charge in [0, 0.05) is 32.7 Å². The number of nitriles is 1. The molecule has 0 saturated carbocycles. The van der Waals surface area contributed by atoms with Gasteiger partial charge in [0.15, 0.2) is 5.69 Å². The van der Waals surface area contributed by atoms with Gasteiger partial charge in [0.05, 0.1) is 39.9 Å². The van der Waals surface area contributed by atoms with Crippen LogP contribution < -0.4 is 28.7 Å². The Morgan fingerprint density at radius 3 is 1.47 bits per heavy atom. The first-order valence-corrected chi connectivity index (χ1v) is 9.68. The molecule has 0 saturated heterocycles. The van der Waals surface area contributed by atoms with Crippen LogP contribution in [0.4, 0.5) is 0 Å². The Bertz CT molecular complexity index is 1030. The van der Waals surface area contributed by atoms with Gasteiger partial charge in [-0.15, -0.1) is 0 Å². The van der Waals surface area contributed by atoms with Crippen LogP contribution in [0.15, 0.2) is 20.0 Å². The second-order valence-electron chi connectivity index (χ2n) is 7.10. The maximum atomic E-state index is 9.52. The lowest BCUT2D eigenvalue weighted by Crippen LogP contribution is -2.49. The fourth-order valence-electron chi connectivity index (χ4n) is 4.11. The van der Waals surface area contributed by atoms with Crippen molar-refractivity contribution in [1.82, 2.24) is 9.97 Å². The van der Waals surface area contributed by atoms with Gasteiger partial charge in [0.2, 0.25) is 0 Å². The molecule has 1 aromatic rings. The van der Waals surface area contributed by atoms with Gasteiger partial charge in [-0.1, -0.05) is 0 Å². The number of nitrogens with two attached hydrogens (primary N) is 5. The molecule has 12 nitrogen and oxygen atoms in total. The average Bonchev–Trinajstić information content (AvgIpc) is 2.81. The van der Waals surface area contributed by atoms with Gasteiger partial charge in [-0.05, 0) is 0 Å². The summed E-state index contributed by atoms with van der Waals surface area (Å²) in [5, 5.41) is 9.52. The summed E-state index contributed by atoms with van der Waals surface area (Å²) in [6, 6.07) is 0.282. The van der Waals surface area contributed by atoms with Crippen molar-refractivity contribution in [3.63, 3.8) is 0 Å². The standard InChI is InChI=1S/C18H24N12/c19-1-7-8(2-20)26-14-13(25-7)15-17(29-10(4-22)9(3-21)27-15)18-16(14)28-11(5-23)12(6-24)30-18/h13-15,17H,1-5,19-23H2. The maximum Gasteiger partial charge on any atom is 0.163 e. The lowest BCUT2D eigenvalue weighted by Gasteiger charge is -2.41. The van der Waals surface area contributed by atoms with Crippen LogP contribution in [0.5, 0.6) is 0 Å². The molecule has 0 spiro atoms. The SMILES string of the molecule is N#Cc1nc2c(nc1CN)C1N=C(CN)C(CN)=NC1C1N=C(CN)C(CN)=NC21. The number of hydrogen-bond donors (Lipinski definition) is 5. The van der Waals surface area contributed by atoms with Gasteiger partial charge in [0.25, 0.3) is 0 Å². The Hall–Kier alpha value is -2.95. The fourth-order valence-corrected chi connectivity index (χ4v) is 4.11. The largest absolute Gasteiger partial charge is 0.325 e. The van der Waals surface area contributed by atoms with E-state index >= 15 is 0 Å². The first-order chi connectivity index (χ1) is 14.6. The van der Waals surface area contributed by atoms with Crippen molar-refractivity contribution in [2.45, 2.75) is 30.7 Å². The number of aliphatic imine (C=N–C) groups is 4. The van der Waals surface area contributed by atoms with Crippen LogP contribution in [0.3, 0.4) is 0 Å². The summed E-state index contributed by atoms with van der Waals surface area (Å²) in [5.74, 6) is 0. The minimum atomic E-state index is -0.501. The van der Waals surface area contributed by atoms with Crippen molar-refractivity contribution < 1.29 is 0 Å². The lowest BCUT2D eigenvalue weighted by molar-refractivity contribution is 0.357. The number of hydrogen-bond acceptors (Lipinski definition) is 12. The van der Waals surface area contributed by atoms with Gasteiger partial charge in [-0.25, -0.2) is 9.97 Å². The Morgan fingerprint density at radius 2 is 1.07 bits per heavy atom. The molecule has 3 aliphatic rings. The lowest BCUT2D eigenvalue weighted by atomic mass is 9.81. The summed E-state index contributed by atoms with van der Waals surface area (Å²) in [5.41, 5.74) is 33.5. The highest BCUT2D eigenvalue weighted by atomic mass is 15.1. The minimum Gasteiger partial charge on any atom is -0.325 e. The van der Waals surface area contributed by atoms with Crippen LogP contribution in [0, 0.1) is 11.3 Å².